The quantitative estimate of drug-likeness (QED) is 0.879. The summed E-state index contributed by atoms with van der Waals surface area (Å²) in [5.74, 6) is 0.229. The Morgan fingerprint density at radius 2 is 2.30 bits per heavy atom. The van der Waals surface area contributed by atoms with Gasteiger partial charge in [-0.2, -0.15) is 5.10 Å². The lowest BCUT2D eigenvalue weighted by Gasteiger charge is -2.16. The van der Waals surface area contributed by atoms with Gasteiger partial charge in [0.25, 0.3) is 0 Å². The van der Waals surface area contributed by atoms with Crippen LogP contribution in [0.2, 0.25) is 0 Å². The molecule has 1 unspecified atom stereocenters. The number of benzene rings is 1. The van der Waals surface area contributed by atoms with Gasteiger partial charge in [0, 0.05) is 18.2 Å². The molecule has 1 aliphatic rings. The van der Waals surface area contributed by atoms with E-state index in [4.69, 9.17) is 19.3 Å². The third-order valence-corrected chi connectivity index (χ3v) is 3.61. The summed E-state index contributed by atoms with van der Waals surface area (Å²) in [4.78, 5) is 10.9. The van der Waals surface area contributed by atoms with Crippen LogP contribution in [-0.2, 0) is 16.1 Å². The highest BCUT2D eigenvalue weighted by Gasteiger charge is 2.20. The van der Waals surface area contributed by atoms with Crippen LogP contribution in [0.1, 0.15) is 12.8 Å². The molecule has 0 radical (unpaired) electrons. The molecule has 1 fully saturated rings. The zero-order valence-electron chi connectivity index (χ0n) is 12.8. The number of nitrogens with zero attached hydrogens (tertiary/aromatic N) is 2. The molecule has 1 N–H and O–H groups in total. The zero-order valence-corrected chi connectivity index (χ0v) is 12.8. The van der Waals surface area contributed by atoms with E-state index in [-0.39, 0.29) is 12.8 Å². The minimum atomic E-state index is -0.945. The first kappa shape index (κ1) is 15.4. The first-order valence-electron chi connectivity index (χ1n) is 7.37. The van der Waals surface area contributed by atoms with Crippen molar-refractivity contribution < 1.29 is 24.1 Å². The SMILES string of the molecule is COc1ccc(-c2ccnn2CC(=O)O)cc1OC1CCCO1. The maximum Gasteiger partial charge on any atom is 0.325 e. The maximum atomic E-state index is 10.9. The van der Waals surface area contributed by atoms with Crippen molar-refractivity contribution in [1.29, 1.82) is 0 Å². The predicted molar refractivity (Wildman–Crippen MR) is 81.5 cm³/mol. The monoisotopic (exact) mass is 318 g/mol. The Morgan fingerprint density at radius 1 is 1.43 bits per heavy atom. The molecule has 7 heteroatoms. The van der Waals surface area contributed by atoms with Crippen LogP contribution in [-0.4, -0.2) is 40.9 Å². The Balaban J connectivity index is 1.91. The lowest BCUT2D eigenvalue weighted by atomic mass is 10.1. The lowest BCUT2D eigenvalue weighted by molar-refractivity contribution is -0.137. The van der Waals surface area contributed by atoms with E-state index >= 15 is 0 Å². The molecule has 1 atom stereocenters. The molecule has 1 aromatic carbocycles. The van der Waals surface area contributed by atoms with Crippen molar-refractivity contribution in [2.75, 3.05) is 13.7 Å². The van der Waals surface area contributed by atoms with Gasteiger partial charge in [-0.3, -0.25) is 9.48 Å². The number of hydrogen-bond acceptors (Lipinski definition) is 5. The van der Waals surface area contributed by atoms with Crippen molar-refractivity contribution in [1.82, 2.24) is 9.78 Å². The van der Waals surface area contributed by atoms with Gasteiger partial charge in [-0.25, -0.2) is 0 Å². The van der Waals surface area contributed by atoms with Crippen LogP contribution in [0.15, 0.2) is 30.5 Å². The number of methoxy groups -OCH3 is 1. The Labute approximate surface area is 133 Å². The zero-order chi connectivity index (χ0) is 16.2. The summed E-state index contributed by atoms with van der Waals surface area (Å²) in [6, 6.07) is 7.21. The van der Waals surface area contributed by atoms with Crippen molar-refractivity contribution in [3.63, 3.8) is 0 Å². The first-order valence-corrected chi connectivity index (χ1v) is 7.37. The Hall–Kier alpha value is -2.54. The second kappa shape index (κ2) is 6.70. The highest BCUT2D eigenvalue weighted by atomic mass is 16.7. The summed E-state index contributed by atoms with van der Waals surface area (Å²) in [5.41, 5.74) is 1.50. The number of aliphatic carboxylic acids is 1. The third kappa shape index (κ3) is 3.45. The van der Waals surface area contributed by atoms with Gasteiger partial charge in [0.2, 0.25) is 0 Å². The molecule has 0 aliphatic carbocycles. The lowest BCUT2D eigenvalue weighted by Crippen LogP contribution is -2.14. The van der Waals surface area contributed by atoms with Crippen LogP contribution in [0, 0.1) is 0 Å². The van der Waals surface area contributed by atoms with E-state index < -0.39 is 5.97 Å². The fraction of sp³-hybridized carbons (Fsp3) is 0.375. The second-order valence-electron chi connectivity index (χ2n) is 5.19. The summed E-state index contributed by atoms with van der Waals surface area (Å²) >= 11 is 0. The highest BCUT2D eigenvalue weighted by molar-refractivity contribution is 5.69. The van der Waals surface area contributed by atoms with E-state index in [0.717, 1.165) is 18.4 Å². The number of rotatable bonds is 6. The van der Waals surface area contributed by atoms with Crippen molar-refractivity contribution in [2.24, 2.45) is 0 Å². The normalized spacial score (nSPS) is 17.2. The van der Waals surface area contributed by atoms with E-state index in [1.165, 1.54) is 4.68 Å². The smallest absolute Gasteiger partial charge is 0.325 e. The topological polar surface area (TPSA) is 82.8 Å². The van der Waals surface area contributed by atoms with Crippen molar-refractivity contribution >= 4 is 5.97 Å². The van der Waals surface area contributed by atoms with Crippen LogP contribution in [0.25, 0.3) is 11.3 Å². The van der Waals surface area contributed by atoms with Gasteiger partial charge >= 0.3 is 5.97 Å². The number of carboxylic acid groups (broad SMARTS) is 1. The standard InChI is InChI=1S/C16H18N2O5/c1-21-13-5-4-11(9-14(13)23-16-3-2-8-22-16)12-6-7-17-18(12)10-15(19)20/h4-7,9,16H,2-3,8,10H2,1H3,(H,19,20). The molecule has 0 saturated carbocycles. The average molecular weight is 318 g/mol. The largest absolute Gasteiger partial charge is 0.493 e. The van der Waals surface area contributed by atoms with Crippen molar-refractivity contribution in [3.05, 3.63) is 30.5 Å². The molecule has 0 spiro atoms. The highest BCUT2D eigenvalue weighted by Crippen LogP contribution is 2.34. The number of carbonyl (C=O) groups is 1. The summed E-state index contributed by atoms with van der Waals surface area (Å²) in [7, 11) is 1.58. The van der Waals surface area contributed by atoms with Crippen LogP contribution >= 0.6 is 0 Å². The molecule has 2 aromatic rings. The van der Waals surface area contributed by atoms with Gasteiger partial charge in [0.15, 0.2) is 17.8 Å². The minimum Gasteiger partial charge on any atom is -0.493 e. The third-order valence-electron chi connectivity index (χ3n) is 3.61. The van der Waals surface area contributed by atoms with Gasteiger partial charge in [0.1, 0.15) is 6.54 Å². The molecule has 0 amide bonds. The summed E-state index contributed by atoms with van der Waals surface area (Å²) in [6.45, 7) is 0.494. The van der Waals surface area contributed by atoms with E-state index in [2.05, 4.69) is 5.10 Å². The van der Waals surface area contributed by atoms with Crippen LogP contribution in [0.5, 0.6) is 11.5 Å². The number of ether oxygens (including phenoxy) is 3. The van der Waals surface area contributed by atoms with Crippen LogP contribution in [0.3, 0.4) is 0 Å². The van der Waals surface area contributed by atoms with Gasteiger partial charge < -0.3 is 19.3 Å². The van der Waals surface area contributed by atoms with Gasteiger partial charge in [-0.15, -0.1) is 0 Å². The molecule has 23 heavy (non-hydrogen) atoms. The van der Waals surface area contributed by atoms with Crippen molar-refractivity contribution in [3.8, 4) is 22.8 Å². The Morgan fingerprint density at radius 3 is 3.00 bits per heavy atom. The average Bonchev–Trinajstić information content (AvgIpc) is 3.18. The fourth-order valence-corrected chi connectivity index (χ4v) is 2.54. The molecular formula is C16H18N2O5. The Bertz CT molecular complexity index is 692. The van der Waals surface area contributed by atoms with E-state index in [1.54, 1.807) is 25.4 Å². The van der Waals surface area contributed by atoms with Crippen LogP contribution in [0.4, 0.5) is 0 Å². The number of aromatic nitrogens is 2. The van der Waals surface area contributed by atoms with Crippen LogP contribution < -0.4 is 9.47 Å². The molecule has 1 aliphatic heterocycles. The molecular weight excluding hydrogens is 300 g/mol. The minimum absolute atomic E-state index is 0.198. The molecule has 3 rings (SSSR count). The molecule has 2 heterocycles. The second-order valence-corrected chi connectivity index (χ2v) is 5.19. The van der Waals surface area contributed by atoms with Gasteiger partial charge in [-0.05, 0) is 30.7 Å². The molecule has 0 bridgehead atoms. The van der Waals surface area contributed by atoms with E-state index in [1.807, 2.05) is 12.1 Å². The summed E-state index contributed by atoms with van der Waals surface area (Å²) in [6.07, 6.45) is 3.11. The molecule has 1 aromatic heterocycles. The molecule has 122 valence electrons. The number of carboxylic acids is 1. The maximum absolute atomic E-state index is 10.9. The van der Waals surface area contributed by atoms with E-state index in [9.17, 15) is 4.79 Å². The summed E-state index contributed by atoms with van der Waals surface area (Å²) < 4.78 is 18.1. The summed E-state index contributed by atoms with van der Waals surface area (Å²) in [5, 5.41) is 13.0. The van der Waals surface area contributed by atoms with Crippen molar-refractivity contribution in [2.45, 2.75) is 25.7 Å². The fourth-order valence-electron chi connectivity index (χ4n) is 2.54. The van der Waals surface area contributed by atoms with Gasteiger partial charge in [-0.1, -0.05) is 0 Å². The first-order chi connectivity index (χ1) is 11.2. The molecule has 7 nitrogen and oxygen atoms in total. The molecule has 1 saturated heterocycles. The van der Waals surface area contributed by atoms with E-state index in [0.29, 0.717) is 23.8 Å². The Kier molecular flexibility index (Phi) is 4.47. The number of hydrogen-bond donors (Lipinski definition) is 1. The predicted octanol–water partition coefficient (Wildman–Crippen LogP) is 2.16. The van der Waals surface area contributed by atoms with Gasteiger partial charge in [0.05, 0.1) is 19.4 Å².